The number of halogens is 1. The highest BCUT2D eigenvalue weighted by molar-refractivity contribution is 6.07. The lowest BCUT2D eigenvalue weighted by molar-refractivity contribution is 0.102. The first-order chi connectivity index (χ1) is 14.4. The van der Waals surface area contributed by atoms with E-state index in [1.807, 2.05) is 0 Å². The Kier molecular flexibility index (Phi) is 5.13. The maximum atomic E-state index is 13.2. The molecule has 1 aliphatic rings. The van der Waals surface area contributed by atoms with Crippen molar-refractivity contribution in [2.75, 3.05) is 36.5 Å². The van der Waals surface area contributed by atoms with Crippen molar-refractivity contribution in [1.82, 2.24) is 9.13 Å². The number of hydrogen-bond donors (Lipinski definition) is 1. The minimum absolute atomic E-state index is 0.304. The van der Waals surface area contributed by atoms with Gasteiger partial charge in [0.25, 0.3) is 5.91 Å². The van der Waals surface area contributed by atoms with E-state index in [1.54, 1.807) is 19.2 Å². The third kappa shape index (κ3) is 3.48. The lowest BCUT2D eigenvalue weighted by Gasteiger charge is -2.31. The quantitative estimate of drug-likeness (QED) is 0.659. The number of carbonyl (C=O) groups excluding carboxylic acids is 1. The molecule has 1 aliphatic heterocycles. The lowest BCUT2D eigenvalue weighted by Crippen LogP contribution is -2.40. The third-order valence-corrected chi connectivity index (χ3v) is 5.31. The number of ether oxygens (including phenoxy) is 1. The van der Waals surface area contributed by atoms with Gasteiger partial charge in [-0.2, -0.15) is 0 Å². The van der Waals surface area contributed by atoms with Crippen LogP contribution in [-0.2, 0) is 18.8 Å². The van der Waals surface area contributed by atoms with E-state index in [0.717, 1.165) is 5.69 Å². The molecule has 8 nitrogen and oxygen atoms in total. The molecule has 0 saturated carbocycles. The molecule has 0 bridgehead atoms. The number of aryl methyl sites for hydroxylation is 2. The summed E-state index contributed by atoms with van der Waals surface area (Å²) >= 11 is 0. The number of anilines is 2. The number of nitrogens with zero attached hydrogens (tertiary/aromatic N) is 3. The van der Waals surface area contributed by atoms with Crippen LogP contribution in [0.4, 0.5) is 15.8 Å². The zero-order valence-corrected chi connectivity index (χ0v) is 16.6. The minimum Gasteiger partial charge on any atom is -0.378 e. The Morgan fingerprint density at radius 1 is 0.967 bits per heavy atom. The summed E-state index contributed by atoms with van der Waals surface area (Å²) in [7, 11) is 3.07. The minimum atomic E-state index is -0.653. The highest BCUT2D eigenvalue weighted by atomic mass is 19.1. The van der Waals surface area contributed by atoms with Crippen molar-refractivity contribution in [2.45, 2.75) is 0 Å². The first kappa shape index (κ1) is 19.8. The largest absolute Gasteiger partial charge is 0.378 e. The molecule has 1 N–H and O–H groups in total. The van der Waals surface area contributed by atoms with Crippen LogP contribution in [0.25, 0.3) is 11.0 Å². The highest BCUT2D eigenvalue weighted by Crippen LogP contribution is 2.31. The van der Waals surface area contributed by atoms with Gasteiger partial charge in [-0.15, -0.1) is 0 Å². The van der Waals surface area contributed by atoms with Gasteiger partial charge in [-0.25, -0.2) is 4.39 Å². The van der Waals surface area contributed by atoms with Crippen LogP contribution in [0.5, 0.6) is 0 Å². The molecular weight excluding hydrogens is 391 g/mol. The Labute approximate surface area is 171 Å². The number of aromatic nitrogens is 2. The molecule has 156 valence electrons. The molecular formula is C21H21FN4O4. The summed E-state index contributed by atoms with van der Waals surface area (Å²) in [5.74, 6) is -0.833. The van der Waals surface area contributed by atoms with Crippen LogP contribution in [0.3, 0.4) is 0 Å². The molecule has 2 aromatic carbocycles. The summed E-state index contributed by atoms with van der Waals surface area (Å²) in [6, 6.07) is 8.72. The molecule has 3 aromatic rings. The van der Waals surface area contributed by atoms with Crippen LogP contribution in [0.15, 0.2) is 46.0 Å². The van der Waals surface area contributed by atoms with Gasteiger partial charge in [0.2, 0.25) is 0 Å². The van der Waals surface area contributed by atoms with Gasteiger partial charge in [0.1, 0.15) is 5.82 Å². The maximum absolute atomic E-state index is 13.2. The van der Waals surface area contributed by atoms with Crippen molar-refractivity contribution in [2.24, 2.45) is 14.1 Å². The molecule has 1 amide bonds. The van der Waals surface area contributed by atoms with E-state index in [4.69, 9.17) is 4.74 Å². The van der Waals surface area contributed by atoms with Crippen molar-refractivity contribution < 1.29 is 13.9 Å². The SMILES string of the molecule is Cn1c(=O)c(=O)n(C)c2cc(N3CCOCC3)c(NC(=O)c3ccc(F)cc3)cc21. The molecule has 1 fully saturated rings. The fraction of sp³-hybridized carbons (Fsp3) is 0.286. The molecule has 0 spiro atoms. The standard InChI is InChI=1S/C21H21FN4O4/c1-24-17-11-15(23-19(27)13-3-5-14(22)6-4-13)16(26-7-9-30-10-8-26)12-18(17)25(2)21(29)20(24)28/h3-6,11-12H,7-10H2,1-2H3,(H,23,27). The van der Waals surface area contributed by atoms with Crippen LogP contribution >= 0.6 is 0 Å². The van der Waals surface area contributed by atoms with Gasteiger partial charge in [-0.1, -0.05) is 0 Å². The topological polar surface area (TPSA) is 85.6 Å². The first-order valence-electron chi connectivity index (χ1n) is 9.50. The molecule has 0 unspecified atom stereocenters. The molecule has 0 radical (unpaired) electrons. The van der Waals surface area contributed by atoms with Gasteiger partial charge < -0.3 is 24.1 Å². The number of nitrogens with one attached hydrogen (secondary N) is 1. The second-order valence-electron chi connectivity index (χ2n) is 7.15. The number of amides is 1. The molecule has 0 aliphatic carbocycles. The summed E-state index contributed by atoms with van der Waals surface area (Å²) in [5, 5.41) is 2.87. The molecule has 1 aromatic heterocycles. The highest BCUT2D eigenvalue weighted by Gasteiger charge is 2.20. The van der Waals surface area contributed by atoms with Gasteiger partial charge in [0.05, 0.1) is 35.6 Å². The summed E-state index contributed by atoms with van der Waals surface area (Å²) < 4.78 is 21.2. The van der Waals surface area contributed by atoms with Gasteiger partial charge in [-0.05, 0) is 36.4 Å². The van der Waals surface area contributed by atoms with E-state index in [0.29, 0.717) is 48.6 Å². The van der Waals surface area contributed by atoms with Gasteiger partial charge in [-0.3, -0.25) is 14.4 Å². The van der Waals surface area contributed by atoms with Crippen molar-refractivity contribution in [3.05, 3.63) is 68.5 Å². The van der Waals surface area contributed by atoms with Gasteiger partial charge in [0.15, 0.2) is 0 Å². The van der Waals surface area contributed by atoms with Crippen LogP contribution in [0.2, 0.25) is 0 Å². The van der Waals surface area contributed by atoms with Crippen molar-refractivity contribution in [3.63, 3.8) is 0 Å². The second-order valence-corrected chi connectivity index (χ2v) is 7.15. The predicted molar refractivity (Wildman–Crippen MR) is 112 cm³/mol. The summed E-state index contributed by atoms with van der Waals surface area (Å²) in [4.78, 5) is 39.3. The van der Waals surface area contributed by atoms with E-state index >= 15 is 0 Å². The summed E-state index contributed by atoms with van der Waals surface area (Å²) in [6.07, 6.45) is 0. The van der Waals surface area contributed by atoms with Gasteiger partial charge >= 0.3 is 11.1 Å². The number of fused-ring (bicyclic) bond motifs is 1. The number of benzene rings is 2. The fourth-order valence-corrected chi connectivity index (χ4v) is 3.57. The van der Waals surface area contributed by atoms with Crippen molar-refractivity contribution in [3.8, 4) is 0 Å². The summed E-state index contributed by atoms with van der Waals surface area (Å²) in [5.41, 5.74) is 1.32. The first-order valence-corrected chi connectivity index (χ1v) is 9.50. The molecule has 9 heteroatoms. The third-order valence-electron chi connectivity index (χ3n) is 5.31. The molecule has 1 saturated heterocycles. The molecule has 4 rings (SSSR count). The Morgan fingerprint density at radius 3 is 2.13 bits per heavy atom. The van der Waals surface area contributed by atoms with E-state index in [-0.39, 0.29) is 0 Å². The summed E-state index contributed by atoms with van der Waals surface area (Å²) in [6.45, 7) is 2.31. The van der Waals surface area contributed by atoms with E-state index in [2.05, 4.69) is 10.2 Å². The number of morpholine rings is 1. The molecule has 2 heterocycles. The monoisotopic (exact) mass is 412 g/mol. The Bertz CT molecular complexity index is 1240. The zero-order valence-electron chi connectivity index (χ0n) is 16.6. The predicted octanol–water partition coefficient (Wildman–Crippen LogP) is 1.47. The van der Waals surface area contributed by atoms with E-state index < -0.39 is 22.8 Å². The Morgan fingerprint density at radius 2 is 1.53 bits per heavy atom. The second kappa shape index (κ2) is 7.75. The molecule has 0 atom stereocenters. The fourth-order valence-electron chi connectivity index (χ4n) is 3.57. The maximum Gasteiger partial charge on any atom is 0.316 e. The normalized spacial score (nSPS) is 14.2. The van der Waals surface area contributed by atoms with E-state index in [9.17, 15) is 18.8 Å². The van der Waals surface area contributed by atoms with Crippen LogP contribution in [0, 0.1) is 5.82 Å². The van der Waals surface area contributed by atoms with Crippen molar-refractivity contribution >= 4 is 28.3 Å². The van der Waals surface area contributed by atoms with Gasteiger partial charge in [0, 0.05) is 32.7 Å². The number of hydrogen-bond acceptors (Lipinski definition) is 5. The van der Waals surface area contributed by atoms with Crippen LogP contribution < -0.4 is 21.3 Å². The Balaban J connectivity index is 1.87. The number of carbonyl (C=O) groups is 1. The Hall–Kier alpha value is -3.46. The smallest absolute Gasteiger partial charge is 0.316 e. The van der Waals surface area contributed by atoms with Crippen molar-refractivity contribution in [1.29, 1.82) is 0 Å². The average Bonchev–Trinajstić information content (AvgIpc) is 2.77. The zero-order chi connectivity index (χ0) is 21.4. The van der Waals surface area contributed by atoms with Crippen LogP contribution in [0.1, 0.15) is 10.4 Å². The van der Waals surface area contributed by atoms with E-state index in [1.165, 1.54) is 40.4 Å². The number of rotatable bonds is 3. The molecule has 30 heavy (non-hydrogen) atoms. The lowest BCUT2D eigenvalue weighted by atomic mass is 10.1. The average molecular weight is 412 g/mol. The van der Waals surface area contributed by atoms with Crippen LogP contribution in [-0.4, -0.2) is 41.3 Å².